The van der Waals surface area contributed by atoms with Crippen molar-refractivity contribution in [2.45, 2.75) is 19.4 Å². The van der Waals surface area contributed by atoms with E-state index < -0.39 is 11.6 Å². The van der Waals surface area contributed by atoms with E-state index in [4.69, 9.17) is 19.9 Å². The lowest BCUT2D eigenvalue weighted by atomic mass is 9.99. The second-order valence-electron chi connectivity index (χ2n) is 9.21. The number of nitrogens with zero attached hydrogens (tertiary/aromatic N) is 4. The number of carbonyl (C=O) groups is 2. The topological polar surface area (TPSA) is 133 Å². The highest BCUT2D eigenvalue weighted by molar-refractivity contribution is 5.98. The molecule has 0 atom stereocenters. The summed E-state index contributed by atoms with van der Waals surface area (Å²) in [5.74, 6) is -2.18. The molecule has 0 saturated carbocycles. The van der Waals surface area contributed by atoms with Crippen LogP contribution in [0.1, 0.15) is 22.8 Å². The van der Waals surface area contributed by atoms with Crippen LogP contribution in [0.15, 0.2) is 42.9 Å². The SMILES string of the molecule is CCc1c(C(=O)N2CC(OCCN)C2)ccc(Nc2nccn3c(-c4ccc(OC)c(F)c4F)cnc23)c1OC=O. The van der Waals surface area contributed by atoms with Gasteiger partial charge in [0.1, 0.15) is 0 Å². The molecular formula is C28H28F2N6O5. The lowest BCUT2D eigenvalue weighted by molar-refractivity contribution is -0.120. The van der Waals surface area contributed by atoms with Crippen LogP contribution in [0.2, 0.25) is 0 Å². The number of fused-ring (bicyclic) bond motifs is 1. The quantitative estimate of drug-likeness (QED) is 0.262. The van der Waals surface area contributed by atoms with Crippen molar-refractivity contribution in [2.75, 3.05) is 38.7 Å². The van der Waals surface area contributed by atoms with Gasteiger partial charge in [0.05, 0.1) is 37.4 Å². The van der Waals surface area contributed by atoms with E-state index in [1.165, 1.54) is 31.6 Å². The van der Waals surface area contributed by atoms with Gasteiger partial charge in [0.15, 0.2) is 28.8 Å². The number of halogens is 2. The number of methoxy groups -OCH3 is 1. The Morgan fingerprint density at radius 2 is 2.00 bits per heavy atom. The molecule has 1 fully saturated rings. The molecule has 1 aliphatic heterocycles. The number of nitrogens with two attached hydrogens (primary N) is 1. The predicted octanol–water partition coefficient (Wildman–Crippen LogP) is 3.32. The Hall–Kier alpha value is -4.62. The number of aromatic nitrogens is 3. The third kappa shape index (κ3) is 5.16. The molecule has 2 aromatic carbocycles. The van der Waals surface area contributed by atoms with Crippen molar-refractivity contribution in [1.82, 2.24) is 19.3 Å². The Balaban J connectivity index is 1.47. The van der Waals surface area contributed by atoms with Crippen molar-refractivity contribution in [3.05, 3.63) is 65.6 Å². The molecule has 0 aliphatic carbocycles. The van der Waals surface area contributed by atoms with Crippen LogP contribution >= 0.6 is 0 Å². The monoisotopic (exact) mass is 566 g/mol. The Labute approximate surface area is 233 Å². The van der Waals surface area contributed by atoms with E-state index in [-0.39, 0.29) is 47.1 Å². The molecule has 0 unspecified atom stereocenters. The third-order valence-corrected chi connectivity index (χ3v) is 6.84. The van der Waals surface area contributed by atoms with Gasteiger partial charge in [0.25, 0.3) is 12.4 Å². The molecule has 3 heterocycles. The molecule has 0 radical (unpaired) electrons. The van der Waals surface area contributed by atoms with E-state index in [0.717, 1.165) is 0 Å². The number of rotatable bonds is 11. The zero-order chi connectivity index (χ0) is 29.1. The van der Waals surface area contributed by atoms with Crippen LogP contribution in [0.3, 0.4) is 0 Å². The molecule has 0 bridgehead atoms. The molecule has 3 N–H and O–H groups in total. The number of amides is 1. The van der Waals surface area contributed by atoms with Crippen molar-refractivity contribution in [2.24, 2.45) is 5.73 Å². The lowest BCUT2D eigenvalue weighted by Crippen LogP contribution is -2.55. The first-order valence-electron chi connectivity index (χ1n) is 12.9. The maximum atomic E-state index is 14.9. The number of likely N-dealkylation sites (tertiary alicyclic amines) is 1. The highest BCUT2D eigenvalue weighted by Crippen LogP contribution is 2.37. The molecule has 13 heteroatoms. The minimum Gasteiger partial charge on any atom is -0.494 e. The van der Waals surface area contributed by atoms with E-state index in [9.17, 15) is 18.4 Å². The summed E-state index contributed by atoms with van der Waals surface area (Å²) in [4.78, 5) is 35.1. The number of hydrogen-bond acceptors (Lipinski definition) is 9. The highest BCUT2D eigenvalue weighted by atomic mass is 19.2. The number of nitrogens with one attached hydrogen (secondary N) is 1. The smallest absolute Gasteiger partial charge is 0.298 e. The Kier molecular flexibility index (Phi) is 8.08. The van der Waals surface area contributed by atoms with E-state index in [0.29, 0.717) is 55.1 Å². The molecule has 5 rings (SSSR count). The molecule has 1 saturated heterocycles. The van der Waals surface area contributed by atoms with Gasteiger partial charge in [-0.2, -0.15) is 4.39 Å². The molecule has 41 heavy (non-hydrogen) atoms. The van der Waals surface area contributed by atoms with Gasteiger partial charge in [-0.1, -0.05) is 6.92 Å². The fraction of sp³-hybridized carbons (Fsp3) is 0.286. The summed E-state index contributed by atoms with van der Waals surface area (Å²) < 4.78 is 46.6. The molecular weight excluding hydrogens is 538 g/mol. The summed E-state index contributed by atoms with van der Waals surface area (Å²) >= 11 is 0. The molecule has 4 aromatic rings. The molecule has 11 nitrogen and oxygen atoms in total. The van der Waals surface area contributed by atoms with Crippen molar-refractivity contribution in [3.8, 4) is 22.8 Å². The first-order valence-corrected chi connectivity index (χ1v) is 12.9. The maximum absolute atomic E-state index is 14.9. The zero-order valence-electron chi connectivity index (χ0n) is 22.4. The average molecular weight is 567 g/mol. The van der Waals surface area contributed by atoms with Gasteiger partial charge < -0.3 is 30.2 Å². The molecule has 2 aromatic heterocycles. The van der Waals surface area contributed by atoms with Gasteiger partial charge in [0.2, 0.25) is 5.82 Å². The van der Waals surface area contributed by atoms with Gasteiger partial charge in [-0.25, -0.2) is 14.4 Å². The van der Waals surface area contributed by atoms with E-state index in [1.54, 1.807) is 27.6 Å². The van der Waals surface area contributed by atoms with Crippen LogP contribution in [0.25, 0.3) is 16.9 Å². The van der Waals surface area contributed by atoms with Gasteiger partial charge in [-0.15, -0.1) is 0 Å². The van der Waals surface area contributed by atoms with Crippen molar-refractivity contribution in [3.63, 3.8) is 0 Å². The van der Waals surface area contributed by atoms with E-state index in [2.05, 4.69) is 15.3 Å². The minimum atomic E-state index is -1.11. The van der Waals surface area contributed by atoms with Crippen LogP contribution in [0.5, 0.6) is 11.5 Å². The summed E-state index contributed by atoms with van der Waals surface area (Å²) in [5, 5.41) is 3.11. The van der Waals surface area contributed by atoms with Crippen LogP contribution in [0.4, 0.5) is 20.3 Å². The van der Waals surface area contributed by atoms with Crippen LogP contribution in [-0.2, 0) is 16.0 Å². The standard InChI is InChI=1S/C28H28F2N6O5/c1-3-17-18(28(38)35-13-16(14-35)40-11-8-31)4-6-20(25(17)41-15-37)34-26-27-33-12-21(36(27)10-9-32-26)19-5-7-22(39-2)24(30)23(19)29/h4-7,9-10,12,15-16H,3,8,11,13-14,31H2,1-2H3,(H,32,34). The largest absolute Gasteiger partial charge is 0.494 e. The first kappa shape index (κ1) is 27.9. The van der Waals surface area contributed by atoms with Crippen LogP contribution < -0.4 is 20.5 Å². The molecule has 214 valence electrons. The Bertz CT molecular complexity index is 1600. The Morgan fingerprint density at radius 3 is 2.71 bits per heavy atom. The minimum absolute atomic E-state index is 0.0178. The lowest BCUT2D eigenvalue weighted by Gasteiger charge is -2.39. The molecule has 1 amide bonds. The van der Waals surface area contributed by atoms with Crippen LogP contribution in [0, 0.1) is 11.6 Å². The normalized spacial score (nSPS) is 13.2. The summed E-state index contributed by atoms with van der Waals surface area (Å²) in [7, 11) is 1.25. The number of benzene rings is 2. The fourth-order valence-electron chi connectivity index (χ4n) is 4.80. The predicted molar refractivity (Wildman–Crippen MR) is 145 cm³/mol. The third-order valence-electron chi connectivity index (χ3n) is 6.84. The summed E-state index contributed by atoms with van der Waals surface area (Å²) in [5.41, 5.74) is 7.35. The van der Waals surface area contributed by atoms with Gasteiger partial charge in [-0.05, 0) is 30.7 Å². The average Bonchev–Trinajstić information content (AvgIpc) is 3.39. The number of carbonyl (C=O) groups excluding carboxylic acids is 2. The van der Waals surface area contributed by atoms with Crippen molar-refractivity contribution in [1.29, 1.82) is 0 Å². The summed E-state index contributed by atoms with van der Waals surface area (Å²) in [6, 6.07) is 6.00. The number of imidazole rings is 1. The fourth-order valence-corrected chi connectivity index (χ4v) is 4.80. The van der Waals surface area contributed by atoms with Crippen molar-refractivity contribution >= 4 is 29.5 Å². The zero-order valence-corrected chi connectivity index (χ0v) is 22.4. The highest BCUT2D eigenvalue weighted by Gasteiger charge is 2.33. The number of anilines is 2. The van der Waals surface area contributed by atoms with E-state index in [1.807, 2.05) is 6.92 Å². The maximum Gasteiger partial charge on any atom is 0.298 e. The summed E-state index contributed by atoms with van der Waals surface area (Å²) in [6.07, 6.45) is 4.75. The molecule has 1 aliphatic rings. The molecule has 0 spiro atoms. The first-order chi connectivity index (χ1) is 19.9. The van der Waals surface area contributed by atoms with Gasteiger partial charge >= 0.3 is 0 Å². The summed E-state index contributed by atoms with van der Waals surface area (Å²) in [6.45, 7) is 3.85. The van der Waals surface area contributed by atoms with Crippen LogP contribution in [-0.4, -0.2) is 71.1 Å². The Morgan fingerprint density at radius 1 is 1.20 bits per heavy atom. The van der Waals surface area contributed by atoms with Crippen molar-refractivity contribution < 1.29 is 32.6 Å². The number of hydrogen-bond donors (Lipinski definition) is 2. The second kappa shape index (κ2) is 11.9. The second-order valence-corrected chi connectivity index (χ2v) is 9.21. The van der Waals surface area contributed by atoms with E-state index >= 15 is 0 Å². The van der Waals surface area contributed by atoms with Gasteiger partial charge in [-0.3, -0.25) is 14.0 Å². The number of ether oxygens (including phenoxy) is 3. The van der Waals surface area contributed by atoms with Gasteiger partial charge in [0, 0.05) is 48.7 Å².